The topological polar surface area (TPSA) is 69.6 Å². The number of fused-ring (bicyclic) bond motifs is 1. The van der Waals surface area contributed by atoms with Crippen molar-refractivity contribution in [2.45, 2.75) is 6.54 Å². The Morgan fingerprint density at radius 1 is 1.26 bits per heavy atom. The second-order valence-corrected chi connectivity index (χ2v) is 4.54. The summed E-state index contributed by atoms with van der Waals surface area (Å²) in [7, 11) is 0. The number of nitrogens with two attached hydrogens (primary N) is 1. The van der Waals surface area contributed by atoms with Crippen LogP contribution < -0.4 is 5.73 Å². The highest BCUT2D eigenvalue weighted by molar-refractivity contribution is 6.31. The lowest BCUT2D eigenvalue weighted by Crippen LogP contribution is -2.11. The Morgan fingerprint density at radius 2 is 2.05 bits per heavy atom. The lowest BCUT2D eigenvalue weighted by Gasteiger charge is -2.06. The summed E-state index contributed by atoms with van der Waals surface area (Å²) >= 11 is 5.96. The first kappa shape index (κ1) is 12.1. The van der Waals surface area contributed by atoms with Crippen LogP contribution in [0.4, 0.5) is 0 Å². The Hall–Kier alpha value is -1.98. The second kappa shape index (κ2) is 4.95. The van der Waals surface area contributed by atoms with Gasteiger partial charge in [0.2, 0.25) is 0 Å². The Labute approximate surface area is 115 Å². The van der Waals surface area contributed by atoms with Gasteiger partial charge in [-0.3, -0.25) is 4.98 Å². The first-order valence-electron chi connectivity index (χ1n) is 5.92. The summed E-state index contributed by atoms with van der Waals surface area (Å²) in [6, 6.07) is 5.63. The van der Waals surface area contributed by atoms with Gasteiger partial charge in [-0.2, -0.15) is 0 Å². The molecule has 0 atom stereocenters. The predicted molar refractivity (Wildman–Crippen MR) is 74.8 cm³/mol. The molecule has 0 unspecified atom stereocenters. The average Bonchev–Trinajstić information content (AvgIpc) is 2.78. The molecule has 0 amide bonds. The van der Waals surface area contributed by atoms with Crippen molar-refractivity contribution in [3.05, 3.63) is 41.8 Å². The van der Waals surface area contributed by atoms with Crippen molar-refractivity contribution in [1.82, 2.24) is 19.5 Å². The maximum Gasteiger partial charge on any atom is 0.160 e. The summed E-state index contributed by atoms with van der Waals surface area (Å²) < 4.78 is 2.00. The SMILES string of the molecule is NCCn1c(-c2ccncc2)nc2cc(Cl)cnc21. The molecule has 3 aromatic heterocycles. The molecule has 6 heteroatoms. The number of hydrogen-bond acceptors (Lipinski definition) is 4. The molecule has 0 aliphatic heterocycles. The van der Waals surface area contributed by atoms with Crippen molar-refractivity contribution in [3.63, 3.8) is 0 Å². The number of hydrogen-bond donors (Lipinski definition) is 1. The number of pyridine rings is 2. The molecule has 3 rings (SSSR count). The van der Waals surface area contributed by atoms with Crippen molar-refractivity contribution in [2.75, 3.05) is 6.54 Å². The zero-order chi connectivity index (χ0) is 13.2. The molecule has 0 aliphatic rings. The van der Waals surface area contributed by atoms with Gasteiger partial charge in [0.05, 0.1) is 5.02 Å². The van der Waals surface area contributed by atoms with Gasteiger partial charge in [0.15, 0.2) is 5.65 Å². The molecular weight excluding hydrogens is 262 g/mol. The molecule has 0 aromatic carbocycles. The standard InChI is InChI=1S/C13H12ClN5/c14-10-7-11-13(17-8-10)19(6-3-15)12(18-11)9-1-4-16-5-2-9/h1-2,4-5,7-8H,3,6,15H2. The lowest BCUT2D eigenvalue weighted by molar-refractivity contribution is 0.729. The van der Waals surface area contributed by atoms with Crippen molar-refractivity contribution in [2.24, 2.45) is 5.73 Å². The van der Waals surface area contributed by atoms with Gasteiger partial charge in [0, 0.05) is 37.2 Å². The summed E-state index contributed by atoms with van der Waals surface area (Å²) in [6.07, 6.45) is 5.10. The summed E-state index contributed by atoms with van der Waals surface area (Å²) in [5.74, 6) is 0.831. The van der Waals surface area contributed by atoms with E-state index in [1.54, 1.807) is 18.6 Å². The minimum absolute atomic E-state index is 0.522. The van der Waals surface area contributed by atoms with Gasteiger partial charge < -0.3 is 10.3 Å². The van der Waals surface area contributed by atoms with Gasteiger partial charge in [0.25, 0.3) is 0 Å². The van der Waals surface area contributed by atoms with Crippen LogP contribution in [0, 0.1) is 0 Å². The van der Waals surface area contributed by atoms with Crippen molar-refractivity contribution < 1.29 is 0 Å². The smallest absolute Gasteiger partial charge is 0.160 e. The highest BCUT2D eigenvalue weighted by atomic mass is 35.5. The molecule has 3 aromatic rings. The van der Waals surface area contributed by atoms with E-state index in [1.165, 1.54) is 0 Å². The molecule has 0 radical (unpaired) electrons. The van der Waals surface area contributed by atoms with Crippen LogP contribution >= 0.6 is 11.6 Å². The van der Waals surface area contributed by atoms with E-state index < -0.39 is 0 Å². The van der Waals surface area contributed by atoms with Gasteiger partial charge >= 0.3 is 0 Å². The van der Waals surface area contributed by atoms with Crippen LogP contribution in [0.5, 0.6) is 0 Å². The highest BCUT2D eigenvalue weighted by Crippen LogP contribution is 2.24. The van der Waals surface area contributed by atoms with Crippen LogP contribution in [0.1, 0.15) is 0 Å². The first-order valence-corrected chi connectivity index (χ1v) is 6.29. The van der Waals surface area contributed by atoms with E-state index in [2.05, 4.69) is 15.0 Å². The number of halogens is 1. The maximum atomic E-state index is 5.96. The predicted octanol–water partition coefficient (Wildman–Crippen LogP) is 2.11. The molecule has 96 valence electrons. The highest BCUT2D eigenvalue weighted by Gasteiger charge is 2.13. The Morgan fingerprint density at radius 3 is 2.79 bits per heavy atom. The molecule has 0 aliphatic carbocycles. The van der Waals surface area contributed by atoms with Gasteiger partial charge in [-0.25, -0.2) is 9.97 Å². The minimum Gasteiger partial charge on any atom is -0.329 e. The molecule has 3 heterocycles. The van der Waals surface area contributed by atoms with E-state index in [0.29, 0.717) is 18.1 Å². The first-order chi connectivity index (χ1) is 9.29. The fourth-order valence-electron chi connectivity index (χ4n) is 2.05. The van der Waals surface area contributed by atoms with E-state index in [1.807, 2.05) is 22.8 Å². The minimum atomic E-state index is 0.522. The summed E-state index contributed by atoms with van der Waals surface area (Å²) in [4.78, 5) is 13.0. The quantitative estimate of drug-likeness (QED) is 0.793. The van der Waals surface area contributed by atoms with Crippen molar-refractivity contribution in [3.8, 4) is 11.4 Å². The van der Waals surface area contributed by atoms with Crippen LogP contribution in [0.25, 0.3) is 22.6 Å². The summed E-state index contributed by atoms with van der Waals surface area (Å²) in [5.41, 5.74) is 8.22. The van der Waals surface area contributed by atoms with Gasteiger partial charge in [-0.15, -0.1) is 0 Å². The molecule has 0 fully saturated rings. The van der Waals surface area contributed by atoms with Gasteiger partial charge in [-0.05, 0) is 18.2 Å². The molecule has 19 heavy (non-hydrogen) atoms. The van der Waals surface area contributed by atoms with E-state index in [-0.39, 0.29) is 0 Å². The summed E-state index contributed by atoms with van der Waals surface area (Å²) in [6.45, 7) is 1.18. The zero-order valence-electron chi connectivity index (χ0n) is 10.1. The largest absolute Gasteiger partial charge is 0.329 e. The maximum absolute atomic E-state index is 5.96. The van der Waals surface area contributed by atoms with Gasteiger partial charge in [-0.1, -0.05) is 11.6 Å². The second-order valence-electron chi connectivity index (χ2n) is 4.11. The third-order valence-electron chi connectivity index (χ3n) is 2.84. The third kappa shape index (κ3) is 2.18. The molecule has 5 nitrogen and oxygen atoms in total. The normalized spacial score (nSPS) is 11.1. The number of rotatable bonds is 3. The Bertz CT molecular complexity index is 708. The van der Waals surface area contributed by atoms with Crippen LogP contribution in [0.3, 0.4) is 0 Å². The van der Waals surface area contributed by atoms with Crippen molar-refractivity contribution in [1.29, 1.82) is 0 Å². The molecule has 0 saturated carbocycles. The van der Waals surface area contributed by atoms with Crippen LogP contribution in [-0.4, -0.2) is 26.1 Å². The molecule has 0 saturated heterocycles. The van der Waals surface area contributed by atoms with E-state index in [0.717, 1.165) is 22.6 Å². The fourth-order valence-corrected chi connectivity index (χ4v) is 2.20. The molecular formula is C13H12ClN5. The van der Waals surface area contributed by atoms with E-state index in [9.17, 15) is 0 Å². The van der Waals surface area contributed by atoms with Gasteiger partial charge in [0.1, 0.15) is 11.3 Å². The van der Waals surface area contributed by atoms with Crippen LogP contribution in [-0.2, 0) is 6.54 Å². The number of nitrogens with zero attached hydrogens (tertiary/aromatic N) is 4. The molecule has 0 bridgehead atoms. The van der Waals surface area contributed by atoms with Crippen LogP contribution in [0.15, 0.2) is 36.8 Å². The number of aromatic nitrogens is 4. The Balaban J connectivity index is 2.26. The number of imidazole rings is 1. The van der Waals surface area contributed by atoms with Crippen LogP contribution in [0.2, 0.25) is 5.02 Å². The fraction of sp³-hybridized carbons (Fsp3) is 0.154. The Kier molecular flexibility index (Phi) is 3.15. The zero-order valence-corrected chi connectivity index (χ0v) is 10.9. The average molecular weight is 274 g/mol. The monoisotopic (exact) mass is 273 g/mol. The lowest BCUT2D eigenvalue weighted by atomic mass is 10.2. The summed E-state index contributed by atoms with van der Waals surface area (Å²) in [5, 5.41) is 0.575. The van der Waals surface area contributed by atoms with Crippen molar-refractivity contribution >= 4 is 22.8 Å². The molecule has 0 spiro atoms. The third-order valence-corrected chi connectivity index (χ3v) is 3.05. The van der Waals surface area contributed by atoms with E-state index >= 15 is 0 Å². The molecule has 2 N–H and O–H groups in total. The van der Waals surface area contributed by atoms with E-state index in [4.69, 9.17) is 17.3 Å².